The number of hydrogen-bond acceptors (Lipinski definition) is 3. The van der Waals surface area contributed by atoms with E-state index in [0.29, 0.717) is 12.1 Å². The molecule has 0 fully saturated rings. The van der Waals surface area contributed by atoms with Crippen LogP contribution in [0.2, 0.25) is 5.02 Å². The van der Waals surface area contributed by atoms with Gasteiger partial charge in [0.1, 0.15) is 5.82 Å². The SMILES string of the molecule is CCn1ncc(Br)c1C(NN)c1cccc(F)c1Cl. The lowest BCUT2D eigenvalue weighted by Crippen LogP contribution is -2.31. The fourth-order valence-corrected chi connectivity index (χ4v) is 2.73. The van der Waals surface area contributed by atoms with Gasteiger partial charge in [0.2, 0.25) is 0 Å². The lowest BCUT2D eigenvalue weighted by molar-refractivity contribution is 0.538. The fourth-order valence-electron chi connectivity index (χ4n) is 1.97. The molecule has 1 heterocycles. The van der Waals surface area contributed by atoms with Gasteiger partial charge in [-0.1, -0.05) is 23.7 Å². The zero-order valence-electron chi connectivity index (χ0n) is 10.2. The number of rotatable bonds is 4. The molecule has 2 aromatic rings. The first-order chi connectivity index (χ1) is 9.10. The summed E-state index contributed by atoms with van der Waals surface area (Å²) < 4.78 is 16.1. The Morgan fingerprint density at radius 1 is 1.58 bits per heavy atom. The number of halogens is 3. The predicted octanol–water partition coefficient (Wildman–Crippen LogP) is 3.01. The Morgan fingerprint density at radius 3 is 2.95 bits per heavy atom. The summed E-state index contributed by atoms with van der Waals surface area (Å²) >= 11 is 9.44. The summed E-state index contributed by atoms with van der Waals surface area (Å²) in [6.45, 7) is 2.63. The van der Waals surface area contributed by atoms with Gasteiger partial charge in [0.25, 0.3) is 0 Å². The van der Waals surface area contributed by atoms with Crippen LogP contribution in [-0.2, 0) is 6.54 Å². The minimum absolute atomic E-state index is 0.0567. The fraction of sp³-hybridized carbons (Fsp3) is 0.250. The van der Waals surface area contributed by atoms with Gasteiger partial charge < -0.3 is 0 Å². The van der Waals surface area contributed by atoms with Gasteiger partial charge in [-0.2, -0.15) is 5.10 Å². The zero-order chi connectivity index (χ0) is 14.0. The Labute approximate surface area is 123 Å². The van der Waals surface area contributed by atoms with Crippen LogP contribution in [0.15, 0.2) is 28.9 Å². The summed E-state index contributed by atoms with van der Waals surface area (Å²) in [6, 6.07) is 4.20. The first kappa shape index (κ1) is 14.5. The molecular formula is C12H13BrClFN4. The molecule has 0 amide bonds. The van der Waals surface area contributed by atoms with E-state index >= 15 is 0 Å². The Morgan fingerprint density at radius 2 is 2.32 bits per heavy atom. The number of nitrogens with one attached hydrogen (secondary N) is 1. The Hall–Kier alpha value is -0.950. The van der Waals surface area contributed by atoms with Gasteiger partial charge in [-0.15, -0.1) is 0 Å². The molecule has 7 heteroatoms. The normalized spacial score (nSPS) is 12.7. The number of hydrogen-bond donors (Lipinski definition) is 2. The third kappa shape index (κ3) is 2.67. The smallest absolute Gasteiger partial charge is 0.142 e. The molecule has 19 heavy (non-hydrogen) atoms. The Kier molecular flexibility index (Phi) is 4.57. The molecule has 3 N–H and O–H groups in total. The molecule has 0 aliphatic carbocycles. The molecule has 0 radical (unpaired) electrons. The average Bonchev–Trinajstić information content (AvgIpc) is 2.77. The van der Waals surface area contributed by atoms with Crippen LogP contribution in [0, 0.1) is 5.82 Å². The number of nitrogens with two attached hydrogens (primary N) is 1. The van der Waals surface area contributed by atoms with Crippen LogP contribution >= 0.6 is 27.5 Å². The average molecular weight is 348 g/mol. The summed E-state index contributed by atoms with van der Waals surface area (Å²) in [5.41, 5.74) is 4.04. The van der Waals surface area contributed by atoms with E-state index in [4.69, 9.17) is 17.4 Å². The highest BCUT2D eigenvalue weighted by molar-refractivity contribution is 9.10. The summed E-state index contributed by atoms with van der Waals surface area (Å²) in [5, 5.41) is 4.27. The van der Waals surface area contributed by atoms with Crippen molar-refractivity contribution < 1.29 is 4.39 Å². The number of benzene rings is 1. The van der Waals surface area contributed by atoms with Crippen molar-refractivity contribution in [2.75, 3.05) is 0 Å². The maximum Gasteiger partial charge on any atom is 0.142 e. The van der Waals surface area contributed by atoms with Crippen molar-refractivity contribution in [1.29, 1.82) is 0 Å². The third-order valence-electron chi connectivity index (χ3n) is 2.87. The van der Waals surface area contributed by atoms with Gasteiger partial charge in [-0.05, 0) is 34.5 Å². The molecule has 1 unspecified atom stereocenters. The first-order valence-corrected chi connectivity index (χ1v) is 6.88. The second-order valence-electron chi connectivity index (χ2n) is 3.94. The van der Waals surface area contributed by atoms with E-state index in [1.807, 2.05) is 6.92 Å². The molecule has 1 atom stereocenters. The molecule has 0 saturated heterocycles. The highest BCUT2D eigenvalue weighted by Gasteiger charge is 2.23. The molecule has 4 nitrogen and oxygen atoms in total. The minimum atomic E-state index is -0.474. The highest BCUT2D eigenvalue weighted by atomic mass is 79.9. The van der Waals surface area contributed by atoms with Gasteiger partial charge in [0, 0.05) is 6.54 Å². The topological polar surface area (TPSA) is 55.9 Å². The van der Waals surface area contributed by atoms with Crippen molar-refractivity contribution in [3.8, 4) is 0 Å². The lowest BCUT2D eigenvalue weighted by atomic mass is 10.0. The van der Waals surface area contributed by atoms with Crippen LogP contribution in [0.25, 0.3) is 0 Å². The maximum absolute atomic E-state index is 13.6. The molecular weight excluding hydrogens is 335 g/mol. The molecule has 0 aliphatic heterocycles. The van der Waals surface area contributed by atoms with Gasteiger partial charge in [0.15, 0.2) is 0 Å². The van der Waals surface area contributed by atoms with Crippen molar-refractivity contribution in [2.45, 2.75) is 19.5 Å². The largest absolute Gasteiger partial charge is 0.271 e. The summed E-state index contributed by atoms with van der Waals surface area (Å²) in [6.07, 6.45) is 1.68. The highest BCUT2D eigenvalue weighted by Crippen LogP contribution is 2.33. The Balaban J connectivity index is 2.56. The predicted molar refractivity (Wildman–Crippen MR) is 76.2 cm³/mol. The van der Waals surface area contributed by atoms with E-state index in [1.165, 1.54) is 6.07 Å². The molecule has 0 saturated carbocycles. The number of nitrogens with zero attached hydrogens (tertiary/aromatic N) is 2. The molecule has 0 spiro atoms. The third-order valence-corrected chi connectivity index (χ3v) is 3.88. The second kappa shape index (κ2) is 6.00. The molecule has 2 rings (SSSR count). The van der Waals surface area contributed by atoms with Crippen LogP contribution in [0.3, 0.4) is 0 Å². The molecule has 0 aliphatic rings. The van der Waals surface area contributed by atoms with Crippen LogP contribution in [0.5, 0.6) is 0 Å². The molecule has 0 bridgehead atoms. The quantitative estimate of drug-likeness (QED) is 0.660. The number of aryl methyl sites for hydroxylation is 1. The van der Waals surface area contributed by atoms with Crippen molar-refractivity contribution >= 4 is 27.5 Å². The van der Waals surface area contributed by atoms with Crippen molar-refractivity contribution in [1.82, 2.24) is 15.2 Å². The standard InChI is InChI=1S/C12H13BrClFN4/c1-2-19-12(8(13)6-17-19)11(18-16)7-4-3-5-9(15)10(7)14/h3-6,11,18H,2,16H2,1H3. The zero-order valence-corrected chi connectivity index (χ0v) is 12.5. The van der Waals surface area contributed by atoms with Crippen molar-refractivity contribution in [3.05, 3.63) is 51.0 Å². The summed E-state index contributed by atoms with van der Waals surface area (Å²) in [4.78, 5) is 0. The molecule has 1 aromatic heterocycles. The Bertz CT molecular complexity index is 587. The molecule has 102 valence electrons. The lowest BCUT2D eigenvalue weighted by Gasteiger charge is -2.19. The van der Waals surface area contributed by atoms with Gasteiger partial charge in [-0.25, -0.2) is 9.82 Å². The van der Waals surface area contributed by atoms with Crippen LogP contribution in [0.4, 0.5) is 4.39 Å². The van der Waals surface area contributed by atoms with Crippen LogP contribution < -0.4 is 11.3 Å². The summed E-state index contributed by atoms with van der Waals surface area (Å²) in [7, 11) is 0. The van der Waals surface area contributed by atoms with Gasteiger partial charge in [0.05, 0.1) is 27.4 Å². The monoisotopic (exact) mass is 346 g/mol. The van der Waals surface area contributed by atoms with E-state index in [-0.39, 0.29) is 5.02 Å². The van der Waals surface area contributed by atoms with Crippen molar-refractivity contribution in [3.63, 3.8) is 0 Å². The number of hydrazine groups is 1. The number of aromatic nitrogens is 2. The van der Waals surface area contributed by atoms with E-state index in [1.54, 1.807) is 23.0 Å². The maximum atomic E-state index is 13.6. The van der Waals surface area contributed by atoms with Gasteiger partial charge >= 0.3 is 0 Å². The van der Waals surface area contributed by atoms with Crippen molar-refractivity contribution in [2.24, 2.45) is 5.84 Å². The minimum Gasteiger partial charge on any atom is -0.271 e. The first-order valence-electron chi connectivity index (χ1n) is 5.71. The second-order valence-corrected chi connectivity index (χ2v) is 5.17. The van der Waals surface area contributed by atoms with Gasteiger partial charge in [-0.3, -0.25) is 10.5 Å². The van der Waals surface area contributed by atoms with E-state index in [2.05, 4.69) is 26.5 Å². The molecule has 1 aromatic carbocycles. The van der Waals surface area contributed by atoms with Crippen LogP contribution in [-0.4, -0.2) is 9.78 Å². The van der Waals surface area contributed by atoms with E-state index in [0.717, 1.165) is 10.2 Å². The van der Waals surface area contributed by atoms with E-state index < -0.39 is 11.9 Å². The summed E-state index contributed by atoms with van der Waals surface area (Å²) in [5.74, 6) is 5.14. The van der Waals surface area contributed by atoms with Crippen LogP contribution in [0.1, 0.15) is 24.2 Å². The van der Waals surface area contributed by atoms with E-state index in [9.17, 15) is 4.39 Å².